The van der Waals surface area contributed by atoms with Crippen molar-refractivity contribution in [2.75, 3.05) is 0 Å². The van der Waals surface area contributed by atoms with E-state index >= 15 is 0 Å². The standard InChI is InChI=1S/C23H11Cl5O7/c1-2-6-18(29)11(25)3-7-13(8-4-12(26)19(30)17(28)21(8)35-20(6)7)14-10(24)5-9(22(31)32)16(27)15(14)23(33)34/h3-5,30H,2H2,1H3,(H,31,32)(H,33,34). The Morgan fingerprint density at radius 3 is 2.11 bits per heavy atom. The molecule has 0 bridgehead atoms. The molecule has 1 aliphatic heterocycles. The first-order chi connectivity index (χ1) is 16.4. The van der Waals surface area contributed by atoms with Gasteiger partial charge in [0.1, 0.15) is 10.8 Å². The van der Waals surface area contributed by atoms with Gasteiger partial charge in [0.05, 0.1) is 31.2 Å². The van der Waals surface area contributed by atoms with Crippen LogP contribution in [0.25, 0.3) is 33.4 Å². The molecule has 4 rings (SSSR count). The van der Waals surface area contributed by atoms with Crippen molar-refractivity contribution < 1.29 is 29.3 Å². The van der Waals surface area contributed by atoms with Gasteiger partial charge >= 0.3 is 11.9 Å². The normalized spacial score (nSPS) is 11.4. The number of aromatic carboxylic acids is 2. The third kappa shape index (κ3) is 3.88. The van der Waals surface area contributed by atoms with Gasteiger partial charge in [0.15, 0.2) is 11.3 Å². The van der Waals surface area contributed by atoms with Gasteiger partial charge in [-0.05, 0) is 24.6 Å². The number of phenols is 1. The number of carboxylic acid groups (broad SMARTS) is 2. The number of benzene rings is 3. The molecule has 2 aromatic rings. The third-order valence-corrected chi connectivity index (χ3v) is 7.05. The molecule has 0 spiro atoms. The van der Waals surface area contributed by atoms with Crippen molar-refractivity contribution in [3.05, 3.63) is 70.2 Å². The quantitative estimate of drug-likeness (QED) is 0.215. The van der Waals surface area contributed by atoms with Crippen LogP contribution in [0.2, 0.25) is 25.1 Å². The van der Waals surface area contributed by atoms with Crippen molar-refractivity contribution in [2.45, 2.75) is 13.3 Å². The van der Waals surface area contributed by atoms with Crippen LogP contribution in [-0.4, -0.2) is 27.3 Å². The average molecular weight is 577 g/mol. The minimum absolute atomic E-state index is 0.0128. The number of carboxylic acids is 2. The highest BCUT2D eigenvalue weighted by atomic mass is 35.5. The van der Waals surface area contributed by atoms with E-state index in [1.54, 1.807) is 6.92 Å². The lowest BCUT2D eigenvalue weighted by atomic mass is 9.88. The van der Waals surface area contributed by atoms with Crippen LogP contribution < -0.4 is 5.43 Å². The molecule has 0 aromatic heterocycles. The van der Waals surface area contributed by atoms with E-state index < -0.39 is 39.3 Å². The molecular weight excluding hydrogens is 566 g/mol. The molecule has 0 radical (unpaired) electrons. The van der Waals surface area contributed by atoms with E-state index in [0.29, 0.717) is 0 Å². The zero-order valence-electron chi connectivity index (χ0n) is 17.3. The maximum Gasteiger partial charge on any atom is 0.337 e. The monoisotopic (exact) mass is 574 g/mol. The lowest BCUT2D eigenvalue weighted by Crippen LogP contribution is -2.13. The van der Waals surface area contributed by atoms with Gasteiger partial charge in [0, 0.05) is 27.6 Å². The van der Waals surface area contributed by atoms with Crippen molar-refractivity contribution in [3.63, 3.8) is 0 Å². The fourth-order valence-corrected chi connectivity index (χ4v) is 5.24. The predicted molar refractivity (Wildman–Crippen MR) is 135 cm³/mol. The molecule has 12 heteroatoms. The Kier molecular flexibility index (Phi) is 6.59. The van der Waals surface area contributed by atoms with Gasteiger partial charge < -0.3 is 19.7 Å². The summed E-state index contributed by atoms with van der Waals surface area (Å²) in [4.78, 5) is 36.7. The highest BCUT2D eigenvalue weighted by Crippen LogP contribution is 2.51. The third-order valence-electron chi connectivity index (χ3n) is 5.44. The molecule has 0 saturated carbocycles. The molecule has 2 aromatic carbocycles. The lowest BCUT2D eigenvalue weighted by molar-refractivity contribution is 0.0696. The number of aromatic hydroxyl groups is 1. The van der Waals surface area contributed by atoms with Crippen LogP contribution in [0.1, 0.15) is 33.2 Å². The topological polar surface area (TPSA) is 125 Å². The van der Waals surface area contributed by atoms with Crippen LogP contribution >= 0.6 is 58.0 Å². The zero-order chi connectivity index (χ0) is 25.9. The van der Waals surface area contributed by atoms with Gasteiger partial charge in [-0.25, -0.2) is 9.59 Å². The lowest BCUT2D eigenvalue weighted by Gasteiger charge is -2.21. The first-order valence-corrected chi connectivity index (χ1v) is 11.6. The molecule has 2 aliphatic rings. The largest absolute Gasteiger partial charge is 0.505 e. The van der Waals surface area contributed by atoms with Crippen molar-refractivity contribution >= 4 is 80.9 Å². The highest BCUT2D eigenvalue weighted by Gasteiger charge is 2.32. The van der Waals surface area contributed by atoms with Crippen molar-refractivity contribution in [2.24, 2.45) is 0 Å². The molecule has 1 aliphatic carbocycles. The van der Waals surface area contributed by atoms with E-state index in [1.165, 1.54) is 12.1 Å². The van der Waals surface area contributed by atoms with Crippen LogP contribution in [0.15, 0.2) is 27.4 Å². The summed E-state index contributed by atoms with van der Waals surface area (Å²) in [6.07, 6.45) is 0.180. The highest BCUT2D eigenvalue weighted by molar-refractivity contribution is 6.43. The van der Waals surface area contributed by atoms with Gasteiger partial charge in [-0.2, -0.15) is 0 Å². The molecule has 1 heterocycles. The Labute approximate surface area is 221 Å². The first kappa shape index (κ1) is 25.4. The predicted octanol–water partition coefficient (Wildman–Crippen LogP) is 7.50. The minimum Gasteiger partial charge on any atom is -0.505 e. The number of fused-ring (bicyclic) bond motifs is 2. The summed E-state index contributed by atoms with van der Waals surface area (Å²) < 4.78 is 5.94. The number of hydrogen-bond acceptors (Lipinski definition) is 5. The SMILES string of the molecule is CCc1c2oc3c(Cl)c(O)c(Cl)cc3c(-c3c(Cl)cc(C(=O)O)c(Cl)c3C(=O)O)c-2cc(Cl)c1=O. The van der Waals surface area contributed by atoms with Gasteiger partial charge in [-0.3, -0.25) is 4.79 Å². The number of hydrogen-bond donors (Lipinski definition) is 3. The summed E-state index contributed by atoms with van der Waals surface area (Å²) in [5, 5.41) is 28.3. The first-order valence-electron chi connectivity index (χ1n) is 9.68. The van der Waals surface area contributed by atoms with Crippen molar-refractivity contribution in [1.82, 2.24) is 0 Å². The smallest absolute Gasteiger partial charge is 0.337 e. The summed E-state index contributed by atoms with van der Waals surface area (Å²) in [5.41, 5.74) is -1.60. The molecule has 0 unspecified atom stereocenters. The number of phenolic OH excluding ortho intramolecular Hbond substituents is 1. The Morgan fingerprint density at radius 2 is 1.54 bits per heavy atom. The maximum absolute atomic E-state index is 12.7. The van der Waals surface area contributed by atoms with Crippen LogP contribution in [0, 0.1) is 0 Å². The molecule has 3 N–H and O–H groups in total. The Morgan fingerprint density at radius 1 is 0.886 bits per heavy atom. The van der Waals surface area contributed by atoms with E-state index in [4.69, 9.17) is 62.4 Å². The van der Waals surface area contributed by atoms with Crippen molar-refractivity contribution in [1.29, 1.82) is 0 Å². The fraction of sp³-hybridized carbons (Fsp3) is 0.0870. The number of halogens is 5. The van der Waals surface area contributed by atoms with E-state index in [-0.39, 0.29) is 65.5 Å². The van der Waals surface area contributed by atoms with Gasteiger partial charge in [-0.15, -0.1) is 0 Å². The summed E-state index contributed by atoms with van der Waals surface area (Å²) in [7, 11) is 0. The summed E-state index contributed by atoms with van der Waals surface area (Å²) in [6, 6.07) is 3.54. The van der Waals surface area contributed by atoms with Gasteiger partial charge in [0.2, 0.25) is 5.43 Å². The zero-order valence-corrected chi connectivity index (χ0v) is 21.1. The maximum atomic E-state index is 12.7. The molecule has 0 amide bonds. The van der Waals surface area contributed by atoms with E-state index in [9.17, 15) is 29.7 Å². The fourth-order valence-electron chi connectivity index (χ4n) is 3.91. The molecule has 180 valence electrons. The number of rotatable bonds is 4. The number of carbonyl (C=O) groups is 2. The molecule has 7 nitrogen and oxygen atoms in total. The molecule has 0 saturated heterocycles. The van der Waals surface area contributed by atoms with E-state index in [0.717, 1.165) is 6.07 Å². The second-order valence-corrected chi connectivity index (χ2v) is 9.33. The Hall–Kier alpha value is -2.68. The average Bonchev–Trinajstić information content (AvgIpc) is 2.79. The molecule has 0 atom stereocenters. The molecule has 35 heavy (non-hydrogen) atoms. The molecular formula is C23H11Cl5O7. The van der Waals surface area contributed by atoms with Crippen LogP contribution in [-0.2, 0) is 6.42 Å². The Balaban J connectivity index is 2.39. The van der Waals surface area contributed by atoms with Crippen LogP contribution in [0.3, 0.4) is 0 Å². The summed E-state index contributed by atoms with van der Waals surface area (Å²) >= 11 is 31.4. The molecule has 0 fully saturated rings. The van der Waals surface area contributed by atoms with Crippen LogP contribution in [0.4, 0.5) is 0 Å². The summed E-state index contributed by atoms with van der Waals surface area (Å²) in [5.74, 6) is -3.56. The van der Waals surface area contributed by atoms with E-state index in [2.05, 4.69) is 0 Å². The van der Waals surface area contributed by atoms with Gasteiger partial charge in [0.25, 0.3) is 0 Å². The minimum atomic E-state index is -1.57. The van der Waals surface area contributed by atoms with E-state index in [1.807, 2.05) is 0 Å². The van der Waals surface area contributed by atoms with Crippen LogP contribution in [0.5, 0.6) is 5.75 Å². The second kappa shape index (κ2) is 9.08. The Bertz CT molecular complexity index is 1620. The second-order valence-electron chi connectivity index (χ2n) is 7.35. The summed E-state index contributed by atoms with van der Waals surface area (Å²) in [6.45, 7) is 1.68. The van der Waals surface area contributed by atoms with Gasteiger partial charge in [-0.1, -0.05) is 64.9 Å². The van der Waals surface area contributed by atoms with Crippen molar-refractivity contribution in [3.8, 4) is 28.2 Å².